The van der Waals surface area contributed by atoms with Crippen molar-refractivity contribution in [1.82, 2.24) is 24.6 Å². The van der Waals surface area contributed by atoms with Gasteiger partial charge >= 0.3 is 6.03 Å². The summed E-state index contributed by atoms with van der Waals surface area (Å²) in [5, 5.41) is 10.7. The minimum atomic E-state index is -0.184. The van der Waals surface area contributed by atoms with E-state index in [4.69, 9.17) is 16.6 Å². The lowest BCUT2D eigenvalue weighted by atomic mass is 10.1. The van der Waals surface area contributed by atoms with E-state index in [-0.39, 0.29) is 18.0 Å². The first kappa shape index (κ1) is 25.4. The lowest BCUT2D eigenvalue weighted by molar-refractivity contribution is 0.0591. The van der Waals surface area contributed by atoms with Crippen LogP contribution >= 0.6 is 38.9 Å². The van der Waals surface area contributed by atoms with Crippen LogP contribution < -0.4 is 5.32 Å². The van der Waals surface area contributed by atoms with E-state index in [9.17, 15) is 9.59 Å². The number of benzene rings is 2. The molecule has 11 heteroatoms. The average Bonchev–Trinajstić information content (AvgIpc) is 3.52. The second-order valence-corrected chi connectivity index (χ2v) is 10.9. The number of rotatable bonds is 4. The molecule has 1 unspecified atom stereocenters. The van der Waals surface area contributed by atoms with Crippen LogP contribution in [0.5, 0.6) is 0 Å². The molecule has 5 rings (SSSR count). The van der Waals surface area contributed by atoms with E-state index >= 15 is 0 Å². The number of hydrogen-bond donors (Lipinski definition) is 1. The van der Waals surface area contributed by atoms with Crippen LogP contribution in [0.3, 0.4) is 0 Å². The first-order chi connectivity index (χ1) is 17.8. The largest absolute Gasteiger partial charge is 0.335 e. The molecule has 0 spiro atoms. The molecule has 37 heavy (non-hydrogen) atoms. The third-order valence-corrected chi connectivity index (χ3v) is 8.10. The number of piperazine rings is 1. The summed E-state index contributed by atoms with van der Waals surface area (Å²) in [6.45, 7) is 5.13. The van der Waals surface area contributed by atoms with Crippen LogP contribution in [-0.4, -0.2) is 62.2 Å². The summed E-state index contributed by atoms with van der Waals surface area (Å²) < 4.78 is 2.51. The van der Waals surface area contributed by atoms with Crippen molar-refractivity contribution in [2.75, 3.05) is 25.0 Å². The molecule has 2 aromatic carbocycles. The standard InChI is InChI=1S/C26H24BrClN6O2S/c1-16-14-32(11-12-33(16)25(36)30-22-6-4-3-5-21(22)27)24(35)20-13-29-34(17(20)2)26-31-23(15-37-26)18-7-9-19(28)10-8-18/h3-10,13,15-16H,11-12,14H2,1-2H3,(H,30,36). The van der Waals surface area contributed by atoms with Gasteiger partial charge in [0.1, 0.15) is 0 Å². The predicted octanol–water partition coefficient (Wildman–Crippen LogP) is 6.10. The SMILES string of the molecule is Cc1c(C(=O)N2CCN(C(=O)Nc3ccccc3Br)C(C)C2)cnn1-c1nc(-c2ccc(Cl)cc2)cs1. The second-order valence-electron chi connectivity index (χ2n) is 8.78. The highest BCUT2D eigenvalue weighted by Gasteiger charge is 2.32. The van der Waals surface area contributed by atoms with Crippen molar-refractivity contribution in [2.45, 2.75) is 19.9 Å². The summed E-state index contributed by atoms with van der Waals surface area (Å²) >= 11 is 10.9. The maximum atomic E-state index is 13.4. The van der Waals surface area contributed by atoms with E-state index in [0.29, 0.717) is 41.0 Å². The first-order valence-electron chi connectivity index (χ1n) is 11.7. The normalized spacial score (nSPS) is 15.6. The minimum absolute atomic E-state index is 0.101. The highest BCUT2D eigenvalue weighted by Crippen LogP contribution is 2.27. The quantitative estimate of drug-likeness (QED) is 0.307. The van der Waals surface area contributed by atoms with Crippen molar-refractivity contribution in [3.8, 4) is 16.4 Å². The van der Waals surface area contributed by atoms with Gasteiger partial charge in [-0.25, -0.2) is 14.5 Å². The molecule has 0 bridgehead atoms. The molecule has 3 amide bonds. The van der Waals surface area contributed by atoms with Crippen molar-refractivity contribution in [2.24, 2.45) is 0 Å². The number of hydrogen-bond acceptors (Lipinski definition) is 5. The first-order valence-corrected chi connectivity index (χ1v) is 13.7. The summed E-state index contributed by atoms with van der Waals surface area (Å²) in [4.78, 5) is 34.5. The van der Waals surface area contributed by atoms with Crippen molar-refractivity contribution in [1.29, 1.82) is 0 Å². The molecule has 8 nitrogen and oxygen atoms in total. The van der Waals surface area contributed by atoms with Crippen LogP contribution in [0.15, 0.2) is 64.6 Å². The molecule has 190 valence electrons. The van der Waals surface area contributed by atoms with Crippen LogP contribution in [0.2, 0.25) is 5.02 Å². The molecule has 0 radical (unpaired) electrons. The molecular weight excluding hydrogens is 576 g/mol. The number of carbonyl (C=O) groups is 2. The van der Waals surface area contributed by atoms with Crippen molar-refractivity contribution in [3.05, 3.63) is 80.9 Å². The molecular formula is C26H24BrClN6O2S. The Morgan fingerprint density at radius 3 is 2.62 bits per heavy atom. The Labute approximate surface area is 232 Å². The van der Waals surface area contributed by atoms with Gasteiger partial charge in [0.25, 0.3) is 5.91 Å². The lowest BCUT2D eigenvalue weighted by Gasteiger charge is -2.39. The number of urea groups is 1. The van der Waals surface area contributed by atoms with Gasteiger partial charge in [0.15, 0.2) is 0 Å². The van der Waals surface area contributed by atoms with Gasteiger partial charge < -0.3 is 15.1 Å². The number of nitrogens with one attached hydrogen (secondary N) is 1. The Balaban J connectivity index is 1.26. The van der Waals surface area contributed by atoms with E-state index in [1.54, 1.807) is 20.7 Å². The van der Waals surface area contributed by atoms with Gasteiger partial charge in [0, 0.05) is 46.1 Å². The predicted molar refractivity (Wildman–Crippen MR) is 150 cm³/mol. The zero-order chi connectivity index (χ0) is 26.1. The minimum Gasteiger partial charge on any atom is -0.335 e. The molecule has 1 saturated heterocycles. The summed E-state index contributed by atoms with van der Waals surface area (Å²) in [7, 11) is 0. The summed E-state index contributed by atoms with van der Waals surface area (Å²) in [5.41, 5.74) is 3.75. The van der Waals surface area contributed by atoms with Crippen LogP contribution in [0.1, 0.15) is 23.0 Å². The van der Waals surface area contributed by atoms with E-state index < -0.39 is 0 Å². The van der Waals surface area contributed by atoms with E-state index in [1.807, 2.05) is 67.8 Å². The Kier molecular flexibility index (Phi) is 7.32. The number of amides is 3. The monoisotopic (exact) mass is 598 g/mol. The van der Waals surface area contributed by atoms with Crippen LogP contribution in [0, 0.1) is 6.92 Å². The number of nitrogens with zero attached hydrogens (tertiary/aromatic N) is 5. The maximum Gasteiger partial charge on any atom is 0.322 e. The third kappa shape index (κ3) is 5.27. The molecule has 3 heterocycles. The molecule has 2 aromatic heterocycles. The molecule has 1 N–H and O–H groups in total. The van der Waals surface area contributed by atoms with Crippen molar-refractivity contribution in [3.63, 3.8) is 0 Å². The van der Waals surface area contributed by atoms with Gasteiger partial charge in [-0.05, 0) is 54.0 Å². The summed E-state index contributed by atoms with van der Waals surface area (Å²) in [6.07, 6.45) is 1.59. The smallest absolute Gasteiger partial charge is 0.322 e. The number of aromatic nitrogens is 3. The van der Waals surface area contributed by atoms with Crippen molar-refractivity contribution >= 4 is 56.5 Å². The summed E-state index contributed by atoms with van der Waals surface area (Å²) in [5.74, 6) is -0.101. The Morgan fingerprint density at radius 2 is 1.89 bits per heavy atom. The fraction of sp³-hybridized carbons (Fsp3) is 0.231. The zero-order valence-corrected chi connectivity index (χ0v) is 23.3. The average molecular weight is 600 g/mol. The third-order valence-electron chi connectivity index (χ3n) is 6.34. The van der Waals surface area contributed by atoms with Gasteiger partial charge in [0.2, 0.25) is 5.13 Å². The Morgan fingerprint density at radius 1 is 1.14 bits per heavy atom. The summed E-state index contributed by atoms with van der Waals surface area (Å²) in [6, 6.07) is 14.7. The Hall–Kier alpha value is -3.21. The zero-order valence-electron chi connectivity index (χ0n) is 20.2. The fourth-order valence-electron chi connectivity index (χ4n) is 4.29. The lowest BCUT2D eigenvalue weighted by Crippen LogP contribution is -2.56. The van der Waals surface area contributed by atoms with Gasteiger partial charge in [-0.1, -0.05) is 35.9 Å². The topological polar surface area (TPSA) is 83.4 Å². The number of carbonyl (C=O) groups excluding carboxylic acids is 2. The van der Waals surface area contributed by atoms with Gasteiger partial charge in [-0.15, -0.1) is 11.3 Å². The molecule has 1 aliphatic heterocycles. The van der Waals surface area contributed by atoms with Crippen molar-refractivity contribution < 1.29 is 9.59 Å². The van der Waals surface area contributed by atoms with E-state index in [1.165, 1.54) is 11.3 Å². The second kappa shape index (κ2) is 10.6. The van der Waals surface area contributed by atoms with Crippen LogP contribution in [-0.2, 0) is 0 Å². The highest BCUT2D eigenvalue weighted by atomic mass is 79.9. The highest BCUT2D eigenvalue weighted by molar-refractivity contribution is 9.10. The molecule has 0 aliphatic carbocycles. The molecule has 1 aliphatic rings. The van der Waals surface area contributed by atoms with Gasteiger partial charge in [0.05, 0.1) is 28.8 Å². The maximum absolute atomic E-state index is 13.4. The van der Waals surface area contributed by atoms with Crippen LogP contribution in [0.25, 0.3) is 16.4 Å². The van der Waals surface area contributed by atoms with Crippen LogP contribution in [0.4, 0.5) is 10.5 Å². The number of anilines is 1. The van der Waals surface area contributed by atoms with Gasteiger partial charge in [-0.3, -0.25) is 4.79 Å². The Bertz CT molecular complexity index is 1450. The number of para-hydroxylation sites is 1. The molecule has 0 saturated carbocycles. The molecule has 1 fully saturated rings. The molecule has 4 aromatic rings. The fourth-order valence-corrected chi connectivity index (χ4v) is 5.64. The van der Waals surface area contributed by atoms with Gasteiger partial charge in [-0.2, -0.15) is 5.10 Å². The number of halogens is 2. The molecule has 1 atom stereocenters. The van der Waals surface area contributed by atoms with E-state index in [0.717, 1.165) is 21.4 Å². The number of thiazole rings is 1. The van der Waals surface area contributed by atoms with E-state index in [2.05, 4.69) is 26.3 Å².